The molecule has 0 radical (unpaired) electrons. The van der Waals surface area contributed by atoms with Crippen LogP contribution >= 0.6 is 0 Å². The Bertz CT molecular complexity index is 1170. The monoisotopic (exact) mass is 505 g/mol. The standard InChI is InChI=1S/C30H35NO6/c1-18-9-8-12-23-16-22(17-32)19(2)26-24(15-21-10-6-5-7-11-21)31-28(35)30(23,26)25(37-20(3)33)13-14-29(4,36)27(18)34/h5-8,10-14,16-19,23-26,36H,9,15H2,1-4H3,(H,31,35)/b12-8+,14-13+/t18-,19+,23-,24-,25+,26-,29+,30+/m0/s1. The van der Waals surface area contributed by atoms with Gasteiger partial charge in [0.1, 0.15) is 23.4 Å². The first-order chi connectivity index (χ1) is 17.5. The summed E-state index contributed by atoms with van der Waals surface area (Å²) in [6, 6.07) is 9.45. The Kier molecular flexibility index (Phi) is 7.38. The van der Waals surface area contributed by atoms with Crippen molar-refractivity contribution in [2.45, 2.75) is 58.3 Å². The van der Waals surface area contributed by atoms with E-state index in [1.54, 1.807) is 13.0 Å². The summed E-state index contributed by atoms with van der Waals surface area (Å²) in [6.07, 6.45) is 8.95. The Morgan fingerprint density at radius 1 is 1.19 bits per heavy atom. The van der Waals surface area contributed by atoms with E-state index in [0.717, 1.165) is 11.8 Å². The molecule has 0 unspecified atom stereocenters. The molecule has 37 heavy (non-hydrogen) atoms. The minimum atomic E-state index is -1.81. The lowest BCUT2D eigenvalue weighted by Crippen LogP contribution is -2.55. The van der Waals surface area contributed by atoms with E-state index in [0.29, 0.717) is 18.4 Å². The van der Waals surface area contributed by atoms with E-state index in [-0.39, 0.29) is 23.7 Å². The summed E-state index contributed by atoms with van der Waals surface area (Å²) in [4.78, 5) is 51.6. The van der Waals surface area contributed by atoms with Crippen LogP contribution in [-0.4, -0.2) is 46.8 Å². The molecule has 2 N–H and O–H groups in total. The highest BCUT2D eigenvalue weighted by atomic mass is 16.5. The number of aliphatic hydroxyl groups is 1. The van der Waals surface area contributed by atoms with Gasteiger partial charge in [0.2, 0.25) is 5.91 Å². The maximum atomic E-state index is 14.1. The van der Waals surface area contributed by atoms with Crippen LogP contribution in [0.1, 0.15) is 39.7 Å². The molecule has 1 saturated heterocycles. The van der Waals surface area contributed by atoms with Crippen molar-refractivity contribution in [3.05, 3.63) is 71.8 Å². The summed E-state index contributed by atoms with van der Waals surface area (Å²) < 4.78 is 5.82. The molecular weight excluding hydrogens is 470 g/mol. The van der Waals surface area contributed by atoms with E-state index in [2.05, 4.69) is 5.32 Å². The summed E-state index contributed by atoms with van der Waals surface area (Å²) >= 11 is 0. The quantitative estimate of drug-likeness (QED) is 0.370. The Labute approximate surface area is 217 Å². The average Bonchev–Trinajstić information content (AvgIpc) is 3.14. The van der Waals surface area contributed by atoms with E-state index < -0.39 is 40.8 Å². The second-order valence-corrected chi connectivity index (χ2v) is 10.8. The summed E-state index contributed by atoms with van der Waals surface area (Å²) in [7, 11) is 0. The number of allylic oxidation sites excluding steroid dienone is 4. The Morgan fingerprint density at radius 2 is 1.89 bits per heavy atom. The number of aldehydes is 1. The zero-order valence-electron chi connectivity index (χ0n) is 21.7. The summed E-state index contributed by atoms with van der Waals surface area (Å²) in [5, 5.41) is 14.2. The van der Waals surface area contributed by atoms with Crippen molar-refractivity contribution in [1.29, 1.82) is 0 Å². The van der Waals surface area contributed by atoms with Crippen LogP contribution in [0.25, 0.3) is 0 Å². The first-order valence-electron chi connectivity index (χ1n) is 12.8. The smallest absolute Gasteiger partial charge is 0.303 e. The fourth-order valence-electron chi connectivity index (χ4n) is 6.49. The third-order valence-electron chi connectivity index (χ3n) is 8.26. The van der Waals surface area contributed by atoms with Crippen molar-refractivity contribution in [3.63, 3.8) is 0 Å². The molecule has 0 bridgehead atoms. The minimum Gasteiger partial charge on any atom is -0.457 e. The predicted octanol–water partition coefficient (Wildman–Crippen LogP) is 3.13. The Hall–Kier alpha value is -3.32. The lowest BCUT2D eigenvalue weighted by molar-refractivity contribution is -0.159. The van der Waals surface area contributed by atoms with E-state index >= 15 is 0 Å². The predicted molar refractivity (Wildman–Crippen MR) is 138 cm³/mol. The minimum absolute atomic E-state index is 0.282. The van der Waals surface area contributed by atoms with Crippen molar-refractivity contribution in [2.24, 2.45) is 29.1 Å². The van der Waals surface area contributed by atoms with E-state index in [4.69, 9.17) is 4.74 Å². The molecule has 7 nitrogen and oxygen atoms in total. The van der Waals surface area contributed by atoms with Crippen LogP contribution < -0.4 is 5.32 Å². The van der Waals surface area contributed by atoms with Gasteiger partial charge in [-0.2, -0.15) is 0 Å². The van der Waals surface area contributed by atoms with Crippen LogP contribution in [0, 0.1) is 29.1 Å². The summed E-state index contributed by atoms with van der Waals surface area (Å²) in [6.45, 7) is 6.34. The molecule has 7 heteroatoms. The molecule has 8 atom stereocenters. The number of hydrogen-bond acceptors (Lipinski definition) is 6. The fraction of sp³-hybridized carbons (Fsp3) is 0.467. The molecule has 0 saturated carbocycles. The first-order valence-corrected chi connectivity index (χ1v) is 12.8. The number of ether oxygens (including phenoxy) is 1. The van der Waals surface area contributed by atoms with Gasteiger partial charge in [-0.3, -0.25) is 19.2 Å². The molecule has 1 heterocycles. The third-order valence-corrected chi connectivity index (χ3v) is 8.26. The van der Waals surface area contributed by atoms with Gasteiger partial charge in [0.15, 0.2) is 5.78 Å². The van der Waals surface area contributed by atoms with Crippen LogP contribution in [0.3, 0.4) is 0 Å². The van der Waals surface area contributed by atoms with Gasteiger partial charge in [-0.15, -0.1) is 0 Å². The van der Waals surface area contributed by atoms with E-state index in [1.807, 2.05) is 49.4 Å². The second kappa shape index (κ2) is 10.2. The summed E-state index contributed by atoms with van der Waals surface area (Å²) in [5.74, 6) is -3.01. The van der Waals surface area contributed by atoms with Crippen LogP contribution in [-0.2, 0) is 30.3 Å². The number of carbonyl (C=O) groups is 4. The number of benzene rings is 1. The second-order valence-electron chi connectivity index (χ2n) is 10.8. The van der Waals surface area contributed by atoms with Crippen molar-refractivity contribution < 1.29 is 29.0 Å². The SMILES string of the molecule is CC(=O)O[C@@H]1/C=C/[C@@](C)(O)C(=O)[C@@H](C)C/C=C/[C@H]2C=C(C=O)[C@@H](C)[C@H]3[C@H](Cc4ccccc4)NC(=O)[C@]321. The normalized spacial score (nSPS) is 39.2. The lowest BCUT2D eigenvalue weighted by atomic mass is 9.54. The number of Topliss-reactive ketones (excluding diaryl/α,β-unsaturated/α-hetero) is 1. The van der Waals surface area contributed by atoms with Gasteiger partial charge < -0.3 is 15.2 Å². The van der Waals surface area contributed by atoms with Crippen LogP contribution in [0.2, 0.25) is 0 Å². The maximum Gasteiger partial charge on any atom is 0.303 e. The third kappa shape index (κ3) is 4.73. The highest BCUT2D eigenvalue weighted by Crippen LogP contribution is 2.56. The molecule has 196 valence electrons. The molecule has 4 rings (SSSR count). The van der Waals surface area contributed by atoms with Gasteiger partial charge in [0.05, 0.1) is 0 Å². The highest BCUT2D eigenvalue weighted by Gasteiger charge is 2.66. The van der Waals surface area contributed by atoms with Gasteiger partial charge in [0, 0.05) is 30.7 Å². The maximum absolute atomic E-state index is 14.1. The molecule has 1 aromatic carbocycles. The molecule has 2 aliphatic carbocycles. The molecule has 3 aliphatic rings. The average molecular weight is 506 g/mol. The number of rotatable bonds is 4. The molecular formula is C30H35NO6. The highest BCUT2D eigenvalue weighted by molar-refractivity contribution is 5.92. The van der Waals surface area contributed by atoms with Gasteiger partial charge in [-0.25, -0.2) is 0 Å². The number of ketones is 1. The van der Waals surface area contributed by atoms with E-state index in [1.165, 1.54) is 26.0 Å². The molecule has 1 fully saturated rings. The van der Waals surface area contributed by atoms with Gasteiger partial charge in [0.25, 0.3) is 0 Å². The molecule has 1 aromatic rings. The molecule has 0 aromatic heterocycles. The Morgan fingerprint density at radius 3 is 2.54 bits per heavy atom. The van der Waals surface area contributed by atoms with Crippen molar-refractivity contribution in [3.8, 4) is 0 Å². The number of hydrogen-bond donors (Lipinski definition) is 2. The van der Waals surface area contributed by atoms with Crippen molar-refractivity contribution in [1.82, 2.24) is 5.32 Å². The number of esters is 1. The topological polar surface area (TPSA) is 110 Å². The van der Waals surface area contributed by atoms with Gasteiger partial charge >= 0.3 is 5.97 Å². The first kappa shape index (κ1) is 26.7. The molecule has 1 spiro atoms. The Balaban J connectivity index is 1.95. The number of nitrogens with one attached hydrogen (secondary N) is 1. The zero-order chi connectivity index (χ0) is 27.0. The van der Waals surface area contributed by atoms with Crippen LogP contribution in [0.5, 0.6) is 0 Å². The fourth-order valence-corrected chi connectivity index (χ4v) is 6.49. The number of carbonyl (C=O) groups excluding carboxylic acids is 4. The molecule has 1 aliphatic heterocycles. The van der Waals surface area contributed by atoms with Crippen molar-refractivity contribution in [2.75, 3.05) is 0 Å². The zero-order valence-corrected chi connectivity index (χ0v) is 21.7. The number of amides is 1. The summed E-state index contributed by atoms with van der Waals surface area (Å²) in [5.41, 5.74) is -1.47. The largest absolute Gasteiger partial charge is 0.457 e. The van der Waals surface area contributed by atoms with Crippen LogP contribution in [0.4, 0.5) is 0 Å². The van der Waals surface area contributed by atoms with Crippen LogP contribution in [0.15, 0.2) is 66.3 Å². The van der Waals surface area contributed by atoms with Gasteiger partial charge in [-0.1, -0.05) is 62.4 Å². The molecule has 1 amide bonds. The van der Waals surface area contributed by atoms with E-state index in [9.17, 15) is 24.3 Å². The van der Waals surface area contributed by atoms with Crippen molar-refractivity contribution >= 4 is 23.9 Å². The van der Waals surface area contributed by atoms with Gasteiger partial charge in [-0.05, 0) is 49.0 Å². The lowest BCUT2D eigenvalue weighted by Gasteiger charge is -2.48.